The third-order valence-corrected chi connectivity index (χ3v) is 2.46. The second-order valence-electron chi connectivity index (χ2n) is 2.88. The number of methoxy groups -OCH3 is 3. The zero-order chi connectivity index (χ0) is 12.1. The summed E-state index contributed by atoms with van der Waals surface area (Å²) in [5, 5.41) is 0. The van der Waals surface area contributed by atoms with Gasteiger partial charge in [-0.25, -0.2) is 0 Å². The van der Waals surface area contributed by atoms with Crippen molar-refractivity contribution in [1.82, 2.24) is 0 Å². The Morgan fingerprint density at radius 1 is 0.938 bits per heavy atom. The number of benzene rings is 1. The molecule has 0 heterocycles. The van der Waals surface area contributed by atoms with E-state index in [1.807, 2.05) is 12.1 Å². The summed E-state index contributed by atoms with van der Waals surface area (Å²) in [7, 11) is 4.80. The number of halogens is 2. The lowest BCUT2D eigenvalue weighted by Crippen LogP contribution is -1.94. The van der Waals surface area contributed by atoms with Gasteiger partial charge in [-0.05, 0) is 44.0 Å². The van der Waals surface area contributed by atoms with Crippen molar-refractivity contribution in [1.29, 1.82) is 0 Å². The molecule has 0 saturated carbocycles. The lowest BCUT2D eigenvalue weighted by molar-refractivity contribution is 0.348. The highest BCUT2D eigenvalue weighted by Crippen LogP contribution is 2.36. The van der Waals surface area contributed by atoms with E-state index in [1.165, 1.54) is 0 Å². The van der Waals surface area contributed by atoms with Crippen LogP contribution >= 0.6 is 31.9 Å². The summed E-state index contributed by atoms with van der Waals surface area (Å²) in [6.45, 7) is 0. The van der Waals surface area contributed by atoms with Gasteiger partial charge in [-0.3, -0.25) is 0 Å². The van der Waals surface area contributed by atoms with Crippen LogP contribution < -0.4 is 14.2 Å². The molecule has 16 heavy (non-hydrogen) atoms. The van der Waals surface area contributed by atoms with E-state index in [0.29, 0.717) is 17.2 Å². The third-order valence-electron chi connectivity index (χ3n) is 2.00. The van der Waals surface area contributed by atoms with E-state index in [0.717, 1.165) is 8.96 Å². The molecule has 1 rings (SSSR count). The molecule has 0 aliphatic heterocycles. The summed E-state index contributed by atoms with van der Waals surface area (Å²) in [5.74, 6) is 2.02. The molecule has 0 aliphatic carbocycles. The first kappa shape index (κ1) is 13.4. The number of hydrogen-bond donors (Lipinski definition) is 0. The predicted molar refractivity (Wildman–Crippen MR) is 71.9 cm³/mol. The monoisotopic (exact) mass is 350 g/mol. The summed E-state index contributed by atoms with van der Waals surface area (Å²) in [4.78, 5) is 0. The van der Waals surface area contributed by atoms with Crippen LogP contribution in [-0.2, 0) is 0 Å². The van der Waals surface area contributed by atoms with Crippen molar-refractivity contribution in [2.75, 3.05) is 21.3 Å². The van der Waals surface area contributed by atoms with Crippen LogP contribution in [0.5, 0.6) is 17.2 Å². The smallest absolute Gasteiger partial charge is 0.164 e. The molecule has 3 nitrogen and oxygen atoms in total. The van der Waals surface area contributed by atoms with Crippen molar-refractivity contribution in [2.24, 2.45) is 0 Å². The van der Waals surface area contributed by atoms with Crippen LogP contribution in [0.15, 0.2) is 15.5 Å². The first-order valence-corrected chi connectivity index (χ1v) is 6.03. The summed E-state index contributed by atoms with van der Waals surface area (Å²) in [5.41, 5.74) is 0.893. The topological polar surface area (TPSA) is 27.7 Å². The van der Waals surface area contributed by atoms with Crippen LogP contribution in [0.1, 0.15) is 5.56 Å². The molecular weight excluding hydrogens is 340 g/mol. The Balaban J connectivity index is 3.31. The maximum atomic E-state index is 5.27. The van der Waals surface area contributed by atoms with Gasteiger partial charge in [0.05, 0.1) is 24.7 Å². The number of ether oxygens (including phenoxy) is 3. The Kier molecular flexibility index (Phi) is 5.15. The van der Waals surface area contributed by atoms with Crippen molar-refractivity contribution >= 4 is 37.9 Å². The van der Waals surface area contributed by atoms with Crippen LogP contribution in [0, 0.1) is 0 Å². The second kappa shape index (κ2) is 6.15. The molecule has 0 aromatic heterocycles. The highest BCUT2D eigenvalue weighted by molar-refractivity contribution is 9.28. The second-order valence-corrected chi connectivity index (χ2v) is 5.66. The SMILES string of the molecule is COc1cc(OC)c(OC)cc1C=C(Br)Br. The van der Waals surface area contributed by atoms with E-state index in [-0.39, 0.29) is 0 Å². The van der Waals surface area contributed by atoms with Gasteiger partial charge in [-0.1, -0.05) is 0 Å². The molecule has 1 aromatic carbocycles. The Morgan fingerprint density at radius 3 is 1.88 bits per heavy atom. The van der Waals surface area contributed by atoms with Gasteiger partial charge in [0.15, 0.2) is 11.5 Å². The third kappa shape index (κ3) is 3.15. The molecule has 0 amide bonds. The van der Waals surface area contributed by atoms with Gasteiger partial charge in [0.25, 0.3) is 0 Å². The minimum absolute atomic E-state index is 0.641. The van der Waals surface area contributed by atoms with E-state index < -0.39 is 0 Å². The molecule has 0 unspecified atom stereocenters. The Labute approximate surface area is 112 Å². The van der Waals surface area contributed by atoms with Crippen LogP contribution in [0.4, 0.5) is 0 Å². The molecule has 0 N–H and O–H groups in total. The van der Waals surface area contributed by atoms with Crippen molar-refractivity contribution in [2.45, 2.75) is 0 Å². The van der Waals surface area contributed by atoms with Gasteiger partial charge in [-0.2, -0.15) is 0 Å². The lowest BCUT2D eigenvalue weighted by Gasteiger charge is -2.12. The van der Waals surface area contributed by atoms with Crippen LogP contribution in [-0.4, -0.2) is 21.3 Å². The molecule has 5 heteroatoms. The molecule has 1 aromatic rings. The molecule has 0 radical (unpaired) electrons. The van der Waals surface area contributed by atoms with Gasteiger partial charge in [0.1, 0.15) is 5.75 Å². The Hall–Kier alpha value is -0.680. The van der Waals surface area contributed by atoms with E-state index in [1.54, 1.807) is 27.4 Å². The normalized spacial score (nSPS) is 9.56. The molecule has 88 valence electrons. The molecule has 0 atom stereocenters. The summed E-state index contributed by atoms with van der Waals surface area (Å²) in [6, 6.07) is 3.63. The van der Waals surface area contributed by atoms with Crippen LogP contribution in [0.25, 0.3) is 6.08 Å². The van der Waals surface area contributed by atoms with Gasteiger partial charge in [0, 0.05) is 11.6 Å². The zero-order valence-corrected chi connectivity index (χ0v) is 12.4. The fraction of sp³-hybridized carbons (Fsp3) is 0.273. The van der Waals surface area contributed by atoms with E-state index in [9.17, 15) is 0 Å². The fourth-order valence-corrected chi connectivity index (χ4v) is 1.78. The molecule has 0 aliphatic rings. The number of rotatable bonds is 4. The first-order chi connectivity index (χ1) is 7.62. The molecule has 0 saturated heterocycles. The number of hydrogen-bond acceptors (Lipinski definition) is 3. The summed E-state index contributed by atoms with van der Waals surface area (Å²) < 4.78 is 16.5. The quantitative estimate of drug-likeness (QED) is 0.825. The molecule has 0 fully saturated rings. The predicted octanol–water partition coefficient (Wildman–Crippen LogP) is 3.80. The fourth-order valence-electron chi connectivity index (χ4n) is 1.28. The van der Waals surface area contributed by atoms with Gasteiger partial charge in [0.2, 0.25) is 0 Å². The average molecular weight is 352 g/mol. The standard InChI is InChI=1S/C11H12Br2O3/c1-14-8-6-10(16-3)9(15-2)4-7(8)5-11(12)13/h4-6H,1-3H3. The maximum Gasteiger partial charge on any atom is 0.164 e. The van der Waals surface area contributed by atoms with Gasteiger partial charge in [-0.15, -0.1) is 0 Å². The largest absolute Gasteiger partial charge is 0.496 e. The van der Waals surface area contributed by atoms with Crippen LogP contribution in [0.3, 0.4) is 0 Å². The van der Waals surface area contributed by atoms with E-state index in [4.69, 9.17) is 14.2 Å². The Morgan fingerprint density at radius 2 is 1.44 bits per heavy atom. The van der Waals surface area contributed by atoms with E-state index in [2.05, 4.69) is 31.9 Å². The maximum absolute atomic E-state index is 5.27. The summed E-state index contributed by atoms with van der Waals surface area (Å²) in [6.07, 6.45) is 1.88. The average Bonchev–Trinajstić information content (AvgIpc) is 2.27. The minimum Gasteiger partial charge on any atom is -0.496 e. The van der Waals surface area contributed by atoms with Crippen molar-refractivity contribution in [3.63, 3.8) is 0 Å². The lowest BCUT2D eigenvalue weighted by atomic mass is 10.1. The zero-order valence-electron chi connectivity index (χ0n) is 9.21. The highest BCUT2D eigenvalue weighted by atomic mass is 79.9. The molecule has 0 bridgehead atoms. The van der Waals surface area contributed by atoms with E-state index >= 15 is 0 Å². The van der Waals surface area contributed by atoms with Crippen molar-refractivity contribution < 1.29 is 14.2 Å². The highest BCUT2D eigenvalue weighted by Gasteiger charge is 2.10. The summed E-state index contributed by atoms with van der Waals surface area (Å²) >= 11 is 6.61. The molecule has 0 spiro atoms. The van der Waals surface area contributed by atoms with Crippen LogP contribution in [0.2, 0.25) is 0 Å². The van der Waals surface area contributed by atoms with Crippen molar-refractivity contribution in [3.8, 4) is 17.2 Å². The first-order valence-electron chi connectivity index (χ1n) is 4.45. The van der Waals surface area contributed by atoms with Gasteiger partial charge >= 0.3 is 0 Å². The minimum atomic E-state index is 0.641. The van der Waals surface area contributed by atoms with Crippen molar-refractivity contribution in [3.05, 3.63) is 21.1 Å². The Bertz CT molecular complexity index is 398. The van der Waals surface area contributed by atoms with Gasteiger partial charge < -0.3 is 14.2 Å². The molecular formula is C11H12Br2O3.